The van der Waals surface area contributed by atoms with Crippen LogP contribution >= 0.6 is 0 Å². The summed E-state index contributed by atoms with van der Waals surface area (Å²) in [6.45, 7) is 1.26. The van der Waals surface area contributed by atoms with Crippen LogP contribution in [0.5, 0.6) is 0 Å². The molecule has 0 radical (unpaired) electrons. The van der Waals surface area contributed by atoms with Crippen molar-refractivity contribution in [3.05, 3.63) is 25.0 Å². The molecule has 0 saturated heterocycles. The first kappa shape index (κ1) is 12.9. The van der Waals surface area contributed by atoms with Crippen LogP contribution in [0.4, 0.5) is 11.9 Å². The maximum absolute atomic E-state index is 4.28. The predicted octanol–water partition coefficient (Wildman–Crippen LogP) is -0.802. The van der Waals surface area contributed by atoms with Crippen LogP contribution in [-0.2, 0) is 6.54 Å². The average molecular weight is 287 g/mol. The van der Waals surface area contributed by atoms with E-state index >= 15 is 0 Å². The summed E-state index contributed by atoms with van der Waals surface area (Å²) in [6, 6.07) is 0. The Bertz CT molecular complexity index is 675. The Hall–Kier alpha value is -3.11. The van der Waals surface area contributed by atoms with Crippen molar-refractivity contribution in [2.24, 2.45) is 0 Å². The Kier molecular flexibility index (Phi) is 3.62. The molecule has 3 heterocycles. The van der Waals surface area contributed by atoms with Crippen LogP contribution in [0.2, 0.25) is 0 Å². The van der Waals surface area contributed by atoms with Crippen molar-refractivity contribution in [1.29, 1.82) is 0 Å². The molecule has 3 aromatic rings. The van der Waals surface area contributed by atoms with E-state index in [4.69, 9.17) is 0 Å². The predicted molar refractivity (Wildman–Crippen MR) is 72.8 cm³/mol. The molecule has 0 saturated carbocycles. The van der Waals surface area contributed by atoms with E-state index in [2.05, 4.69) is 46.0 Å². The quantitative estimate of drug-likeness (QED) is 0.599. The fourth-order valence-corrected chi connectivity index (χ4v) is 1.60. The molecule has 0 aliphatic rings. The fourth-order valence-electron chi connectivity index (χ4n) is 1.60. The van der Waals surface area contributed by atoms with Gasteiger partial charge in [-0.25, -0.2) is 4.98 Å². The number of nitrogens with one attached hydrogen (secondary N) is 2. The fraction of sp³-hybridized carbons (Fsp3) is 0.300. The Balaban J connectivity index is 1.73. The molecule has 108 valence electrons. The maximum atomic E-state index is 4.28. The minimum absolute atomic E-state index is 0.384. The summed E-state index contributed by atoms with van der Waals surface area (Å²) in [5.41, 5.74) is 0. The number of aromatic nitrogens is 9. The molecule has 0 unspecified atom stereocenters. The average Bonchev–Trinajstić information content (AvgIpc) is 3.20. The molecule has 2 N–H and O–H groups in total. The van der Waals surface area contributed by atoms with Crippen LogP contribution < -0.4 is 10.6 Å². The SMILES string of the molecule is CNc1nc(NCCn2ccnn2)nc(-n2cncn2)n1. The number of hydrogen-bond donors (Lipinski definition) is 2. The second-order valence-electron chi connectivity index (χ2n) is 3.97. The molecule has 11 heteroatoms. The van der Waals surface area contributed by atoms with Gasteiger partial charge in [-0.05, 0) is 0 Å². The van der Waals surface area contributed by atoms with Gasteiger partial charge in [0.15, 0.2) is 0 Å². The lowest BCUT2D eigenvalue weighted by Gasteiger charge is -2.08. The van der Waals surface area contributed by atoms with E-state index in [-0.39, 0.29) is 0 Å². The Morgan fingerprint density at radius 3 is 2.81 bits per heavy atom. The van der Waals surface area contributed by atoms with E-state index in [0.29, 0.717) is 30.9 Å². The van der Waals surface area contributed by atoms with Gasteiger partial charge in [0.1, 0.15) is 12.7 Å². The van der Waals surface area contributed by atoms with E-state index in [1.54, 1.807) is 24.1 Å². The second kappa shape index (κ2) is 5.90. The normalized spacial score (nSPS) is 10.5. The zero-order chi connectivity index (χ0) is 14.5. The van der Waals surface area contributed by atoms with Crippen molar-refractivity contribution in [1.82, 2.24) is 44.7 Å². The smallest absolute Gasteiger partial charge is 0.258 e. The summed E-state index contributed by atoms with van der Waals surface area (Å²) >= 11 is 0. The zero-order valence-corrected chi connectivity index (χ0v) is 11.2. The summed E-state index contributed by atoms with van der Waals surface area (Å²) in [5.74, 6) is 1.27. The van der Waals surface area contributed by atoms with Gasteiger partial charge in [0.05, 0.1) is 12.7 Å². The van der Waals surface area contributed by atoms with Crippen LogP contribution in [0.3, 0.4) is 0 Å². The number of nitrogens with zero attached hydrogens (tertiary/aromatic N) is 9. The lowest BCUT2D eigenvalue weighted by Crippen LogP contribution is -2.15. The van der Waals surface area contributed by atoms with E-state index in [0.717, 1.165) is 0 Å². The minimum Gasteiger partial charge on any atom is -0.357 e. The van der Waals surface area contributed by atoms with E-state index in [1.165, 1.54) is 17.3 Å². The molecule has 11 nitrogen and oxygen atoms in total. The minimum atomic E-state index is 0.384. The van der Waals surface area contributed by atoms with Crippen LogP contribution in [0.1, 0.15) is 0 Å². The topological polar surface area (TPSA) is 124 Å². The van der Waals surface area contributed by atoms with E-state index in [1.807, 2.05) is 0 Å². The van der Waals surface area contributed by atoms with Crippen LogP contribution in [0.25, 0.3) is 5.95 Å². The van der Waals surface area contributed by atoms with Gasteiger partial charge in [0.25, 0.3) is 5.95 Å². The van der Waals surface area contributed by atoms with Gasteiger partial charge in [-0.2, -0.15) is 24.7 Å². The Morgan fingerprint density at radius 1 is 1.19 bits per heavy atom. The van der Waals surface area contributed by atoms with Crippen molar-refractivity contribution in [2.75, 3.05) is 24.2 Å². The van der Waals surface area contributed by atoms with Crippen molar-refractivity contribution in [3.8, 4) is 5.95 Å². The molecule has 0 amide bonds. The highest BCUT2D eigenvalue weighted by Gasteiger charge is 2.07. The summed E-state index contributed by atoms with van der Waals surface area (Å²) in [5, 5.41) is 17.6. The van der Waals surface area contributed by atoms with Crippen LogP contribution in [-0.4, -0.2) is 58.3 Å². The van der Waals surface area contributed by atoms with Crippen molar-refractivity contribution < 1.29 is 0 Å². The second-order valence-corrected chi connectivity index (χ2v) is 3.97. The highest BCUT2D eigenvalue weighted by molar-refractivity contribution is 5.37. The van der Waals surface area contributed by atoms with Gasteiger partial charge in [-0.3, -0.25) is 4.68 Å². The first-order chi connectivity index (χ1) is 10.3. The molecular formula is C10H13N11. The van der Waals surface area contributed by atoms with Crippen molar-refractivity contribution in [2.45, 2.75) is 6.54 Å². The summed E-state index contributed by atoms with van der Waals surface area (Å²) < 4.78 is 3.18. The lowest BCUT2D eigenvalue weighted by molar-refractivity contribution is 0.607. The maximum Gasteiger partial charge on any atom is 0.258 e. The van der Waals surface area contributed by atoms with Crippen LogP contribution in [0.15, 0.2) is 25.0 Å². The van der Waals surface area contributed by atoms with Crippen molar-refractivity contribution >= 4 is 11.9 Å². The standard InChI is InChI=1S/C10H13N11/c1-11-8-16-9(13-2-4-20-5-3-14-19-20)18-10(17-8)21-7-12-6-15-21/h3,5-7H,2,4H2,1H3,(H2,11,13,16,17,18). The zero-order valence-electron chi connectivity index (χ0n) is 11.2. The van der Waals surface area contributed by atoms with Gasteiger partial charge in [0.2, 0.25) is 11.9 Å². The Labute approximate surface area is 119 Å². The molecule has 0 atom stereocenters. The highest BCUT2D eigenvalue weighted by atomic mass is 15.4. The van der Waals surface area contributed by atoms with Gasteiger partial charge in [-0.1, -0.05) is 5.21 Å². The monoisotopic (exact) mass is 287 g/mol. The molecule has 0 aliphatic carbocycles. The largest absolute Gasteiger partial charge is 0.357 e. The molecule has 3 rings (SSSR count). The Morgan fingerprint density at radius 2 is 2.10 bits per heavy atom. The number of rotatable bonds is 6. The molecular weight excluding hydrogens is 274 g/mol. The summed E-state index contributed by atoms with van der Waals surface area (Å²) in [4.78, 5) is 16.6. The van der Waals surface area contributed by atoms with Gasteiger partial charge >= 0.3 is 0 Å². The molecule has 0 bridgehead atoms. The lowest BCUT2D eigenvalue weighted by atomic mass is 10.6. The third-order valence-electron chi connectivity index (χ3n) is 2.57. The first-order valence-electron chi connectivity index (χ1n) is 6.22. The number of hydrogen-bond acceptors (Lipinski definition) is 9. The first-order valence-corrected chi connectivity index (χ1v) is 6.22. The molecule has 21 heavy (non-hydrogen) atoms. The van der Waals surface area contributed by atoms with Gasteiger partial charge < -0.3 is 10.6 Å². The molecule has 0 spiro atoms. The van der Waals surface area contributed by atoms with E-state index < -0.39 is 0 Å². The summed E-state index contributed by atoms with van der Waals surface area (Å²) in [6.07, 6.45) is 6.36. The molecule has 0 fully saturated rings. The number of anilines is 2. The molecule has 0 aliphatic heterocycles. The van der Waals surface area contributed by atoms with Gasteiger partial charge in [-0.15, -0.1) is 5.10 Å². The van der Waals surface area contributed by atoms with E-state index in [9.17, 15) is 0 Å². The third kappa shape index (κ3) is 3.08. The highest BCUT2D eigenvalue weighted by Crippen LogP contribution is 2.07. The van der Waals surface area contributed by atoms with Gasteiger partial charge in [0, 0.05) is 19.8 Å². The van der Waals surface area contributed by atoms with Crippen molar-refractivity contribution in [3.63, 3.8) is 0 Å². The molecule has 3 aromatic heterocycles. The molecule has 0 aromatic carbocycles. The van der Waals surface area contributed by atoms with Crippen LogP contribution in [0, 0.1) is 0 Å². The third-order valence-corrected chi connectivity index (χ3v) is 2.57. The summed E-state index contributed by atoms with van der Waals surface area (Å²) in [7, 11) is 1.74.